The van der Waals surface area contributed by atoms with Crippen LogP contribution in [0.5, 0.6) is 0 Å². The van der Waals surface area contributed by atoms with Crippen molar-refractivity contribution in [2.24, 2.45) is 0 Å². The molecule has 1 saturated heterocycles. The van der Waals surface area contributed by atoms with Crippen molar-refractivity contribution in [2.45, 2.75) is 436 Å². The van der Waals surface area contributed by atoms with Crippen LogP contribution in [0.4, 0.5) is 0 Å². The maximum atomic E-state index is 13.2. The van der Waals surface area contributed by atoms with Gasteiger partial charge in [-0.2, -0.15) is 0 Å². The molecule has 0 spiro atoms. The molecule has 9 heteroatoms. The minimum Gasteiger partial charge on any atom is -0.394 e. The van der Waals surface area contributed by atoms with E-state index in [-0.39, 0.29) is 12.5 Å². The van der Waals surface area contributed by atoms with Crippen LogP contribution >= 0.6 is 0 Å². The minimum atomic E-state index is -1.55. The topological polar surface area (TPSA) is 149 Å². The molecular formula is C73H143NO8. The first-order valence-electron chi connectivity index (χ1n) is 36.9. The van der Waals surface area contributed by atoms with E-state index in [0.717, 1.165) is 38.5 Å². The largest absolute Gasteiger partial charge is 0.394 e. The van der Waals surface area contributed by atoms with Gasteiger partial charge in [-0.25, -0.2) is 0 Å². The molecular weight excluding hydrogens is 1020 g/mol. The number of unbranched alkanes of at least 4 members (excludes halogenated alkanes) is 54. The molecule has 0 aromatic carbocycles. The third-order valence-corrected chi connectivity index (χ3v) is 18.1. The molecule has 1 rings (SSSR count). The maximum absolute atomic E-state index is 13.2. The number of aliphatic hydroxyl groups is 5. The lowest BCUT2D eigenvalue weighted by atomic mass is 9.99. The summed E-state index contributed by atoms with van der Waals surface area (Å²) in [6.45, 7) is 3.90. The summed E-state index contributed by atoms with van der Waals surface area (Å²) in [6, 6.07) is -0.716. The Morgan fingerprint density at radius 2 is 0.683 bits per heavy atom. The van der Waals surface area contributed by atoms with E-state index in [2.05, 4.69) is 31.3 Å². The number of hydrogen-bond acceptors (Lipinski definition) is 8. The molecule has 82 heavy (non-hydrogen) atoms. The summed E-state index contributed by atoms with van der Waals surface area (Å²) in [5, 5.41) is 55.0. The third-order valence-electron chi connectivity index (χ3n) is 18.1. The summed E-state index contributed by atoms with van der Waals surface area (Å²) in [4.78, 5) is 13.2. The van der Waals surface area contributed by atoms with Gasteiger partial charge in [0.25, 0.3) is 0 Å². The van der Waals surface area contributed by atoms with Crippen molar-refractivity contribution in [3.05, 3.63) is 12.2 Å². The standard InChI is InChI=1S/C73H143NO8/c1-3-5-7-9-11-13-15-17-19-21-23-25-27-29-30-31-32-33-34-35-36-37-38-39-41-43-45-47-49-51-53-55-57-59-61-63-69(77)74-66(65-81-73-72(80)71(79)70(78)68(64-75)82-73)67(76)62-60-58-56-54-52-50-48-46-44-42-40-28-26-24-22-20-18-16-14-12-10-8-6-4-2/h21,23,66-68,70-73,75-76,78-80H,3-20,22,24-65H2,1-2H3,(H,74,77)/b23-21-. The van der Waals surface area contributed by atoms with E-state index in [0.29, 0.717) is 12.8 Å². The van der Waals surface area contributed by atoms with E-state index >= 15 is 0 Å². The van der Waals surface area contributed by atoms with Crippen molar-refractivity contribution in [2.75, 3.05) is 13.2 Å². The van der Waals surface area contributed by atoms with Crippen molar-refractivity contribution in [3.63, 3.8) is 0 Å². The van der Waals surface area contributed by atoms with Crippen molar-refractivity contribution in [1.29, 1.82) is 0 Å². The number of rotatable bonds is 66. The van der Waals surface area contributed by atoms with Gasteiger partial charge in [-0.3, -0.25) is 4.79 Å². The molecule has 1 amide bonds. The second-order valence-electron chi connectivity index (χ2n) is 26.1. The number of hydrogen-bond donors (Lipinski definition) is 6. The Morgan fingerprint density at radius 1 is 0.402 bits per heavy atom. The maximum Gasteiger partial charge on any atom is 0.220 e. The fourth-order valence-corrected chi connectivity index (χ4v) is 12.3. The van der Waals surface area contributed by atoms with Crippen LogP contribution in [0.3, 0.4) is 0 Å². The van der Waals surface area contributed by atoms with Crippen molar-refractivity contribution in [1.82, 2.24) is 5.32 Å². The molecule has 1 fully saturated rings. The van der Waals surface area contributed by atoms with Gasteiger partial charge < -0.3 is 40.3 Å². The average Bonchev–Trinajstić information content (AvgIpc) is 3.52. The highest BCUT2D eigenvalue weighted by molar-refractivity contribution is 5.76. The molecule has 7 unspecified atom stereocenters. The van der Waals surface area contributed by atoms with Gasteiger partial charge in [0.05, 0.1) is 25.4 Å². The number of ether oxygens (including phenoxy) is 2. The molecule has 0 aliphatic carbocycles. The molecule has 1 heterocycles. The number of nitrogens with one attached hydrogen (secondary N) is 1. The molecule has 0 bridgehead atoms. The SMILES string of the molecule is CCCCCCCCCC/C=C\CCCCCCCCCCCCCCCCCCCCCCCCCC(=O)NC(COC1OC(CO)C(O)C(O)C1O)C(O)CCCCCCCCCCCCCCCCCCCCCCCCCC. The highest BCUT2D eigenvalue weighted by Crippen LogP contribution is 2.24. The summed E-state index contributed by atoms with van der Waals surface area (Å²) >= 11 is 0. The first-order valence-corrected chi connectivity index (χ1v) is 36.9. The Labute approximate surface area is 509 Å². The zero-order valence-electron chi connectivity index (χ0n) is 54.8. The van der Waals surface area contributed by atoms with Gasteiger partial charge in [0, 0.05) is 6.42 Å². The number of carbonyl (C=O) groups is 1. The average molecular weight is 1160 g/mol. The molecule has 9 nitrogen and oxygen atoms in total. The van der Waals surface area contributed by atoms with Gasteiger partial charge >= 0.3 is 0 Å². The lowest BCUT2D eigenvalue weighted by Gasteiger charge is -2.40. The number of amides is 1. The second kappa shape index (κ2) is 63.0. The molecule has 1 aliphatic heterocycles. The van der Waals surface area contributed by atoms with Crippen LogP contribution in [0.2, 0.25) is 0 Å². The summed E-state index contributed by atoms with van der Waals surface area (Å²) in [5.74, 6) is -0.134. The van der Waals surface area contributed by atoms with Gasteiger partial charge in [-0.05, 0) is 38.5 Å². The van der Waals surface area contributed by atoms with Gasteiger partial charge in [0.15, 0.2) is 6.29 Å². The summed E-state index contributed by atoms with van der Waals surface area (Å²) < 4.78 is 11.4. The number of aliphatic hydroxyl groups excluding tert-OH is 5. The molecule has 0 radical (unpaired) electrons. The Balaban J connectivity index is 2.06. The molecule has 1 aliphatic rings. The second-order valence-corrected chi connectivity index (χ2v) is 26.1. The highest BCUT2D eigenvalue weighted by Gasteiger charge is 2.44. The zero-order chi connectivity index (χ0) is 59.3. The van der Waals surface area contributed by atoms with Crippen LogP contribution in [0, 0.1) is 0 Å². The Hall–Kier alpha value is -1.07. The van der Waals surface area contributed by atoms with Crippen LogP contribution < -0.4 is 5.32 Å². The highest BCUT2D eigenvalue weighted by atomic mass is 16.7. The van der Waals surface area contributed by atoms with Crippen molar-refractivity contribution in [3.8, 4) is 0 Å². The van der Waals surface area contributed by atoms with Crippen LogP contribution in [0.1, 0.15) is 393 Å². The van der Waals surface area contributed by atoms with E-state index in [1.165, 1.54) is 327 Å². The van der Waals surface area contributed by atoms with Crippen molar-refractivity contribution >= 4 is 5.91 Å². The number of carbonyl (C=O) groups excluding carboxylic acids is 1. The predicted molar refractivity (Wildman–Crippen MR) is 351 cm³/mol. The first-order chi connectivity index (χ1) is 40.3. The normalized spacial score (nSPS) is 18.3. The number of allylic oxidation sites excluding steroid dienone is 2. The predicted octanol–water partition coefficient (Wildman–Crippen LogP) is 20.3. The fourth-order valence-electron chi connectivity index (χ4n) is 12.3. The van der Waals surface area contributed by atoms with Crippen LogP contribution in [-0.2, 0) is 14.3 Å². The summed E-state index contributed by atoms with van der Waals surface area (Å²) in [6.07, 6.45) is 74.4. The fraction of sp³-hybridized carbons (Fsp3) is 0.959. The third kappa shape index (κ3) is 51.0. The Bertz CT molecular complexity index is 1300. The van der Waals surface area contributed by atoms with Gasteiger partial charge in [0.1, 0.15) is 24.4 Å². The van der Waals surface area contributed by atoms with Gasteiger partial charge in [-0.15, -0.1) is 0 Å². The summed E-state index contributed by atoms with van der Waals surface area (Å²) in [5.41, 5.74) is 0. The molecule has 0 aromatic heterocycles. The molecule has 7 atom stereocenters. The van der Waals surface area contributed by atoms with Gasteiger partial charge in [0.2, 0.25) is 5.91 Å². The smallest absolute Gasteiger partial charge is 0.220 e. The monoisotopic (exact) mass is 1160 g/mol. The van der Waals surface area contributed by atoms with Crippen LogP contribution in [-0.4, -0.2) is 87.5 Å². The first kappa shape index (κ1) is 78.9. The van der Waals surface area contributed by atoms with E-state index < -0.39 is 49.5 Å². The molecule has 0 saturated carbocycles. The molecule has 6 N–H and O–H groups in total. The van der Waals surface area contributed by atoms with E-state index in [9.17, 15) is 30.3 Å². The van der Waals surface area contributed by atoms with Crippen LogP contribution in [0.15, 0.2) is 12.2 Å². The van der Waals surface area contributed by atoms with Crippen LogP contribution in [0.25, 0.3) is 0 Å². The minimum absolute atomic E-state index is 0.131. The Kier molecular flexibility index (Phi) is 60.6. The van der Waals surface area contributed by atoms with E-state index in [1.807, 2.05) is 0 Å². The summed E-state index contributed by atoms with van der Waals surface area (Å²) in [7, 11) is 0. The van der Waals surface area contributed by atoms with Gasteiger partial charge in [-0.1, -0.05) is 360 Å². The van der Waals surface area contributed by atoms with Crippen molar-refractivity contribution < 1.29 is 39.8 Å². The molecule has 488 valence electrons. The van der Waals surface area contributed by atoms with E-state index in [4.69, 9.17) is 9.47 Å². The Morgan fingerprint density at radius 3 is 0.988 bits per heavy atom. The van der Waals surface area contributed by atoms with E-state index in [1.54, 1.807) is 0 Å². The zero-order valence-corrected chi connectivity index (χ0v) is 54.8. The lowest BCUT2D eigenvalue weighted by molar-refractivity contribution is -0.302. The molecule has 0 aromatic rings. The quantitative estimate of drug-likeness (QED) is 0.0261. The lowest BCUT2D eigenvalue weighted by Crippen LogP contribution is -2.60.